The van der Waals surface area contributed by atoms with Crippen molar-refractivity contribution < 1.29 is 0 Å². The highest BCUT2D eigenvalue weighted by molar-refractivity contribution is 6.22. The van der Waals surface area contributed by atoms with E-state index in [0.29, 0.717) is 0 Å². The van der Waals surface area contributed by atoms with Gasteiger partial charge in [-0.1, -0.05) is 154 Å². The Morgan fingerprint density at radius 3 is 1.83 bits per heavy atom. The molecule has 1 heteroatoms. The van der Waals surface area contributed by atoms with Crippen molar-refractivity contribution in [2.24, 2.45) is 11.8 Å². The zero-order valence-corrected chi connectivity index (χ0v) is 30.4. The molecule has 0 saturated carbocycles. The third-order valence-corrected chi connectivity index (χ3v) is 11.8. The summed E-state index contributed by atoms with van der Waals surface area (Å²) < 4.78 is 0. The van der Waals surface area contributed by atoms with E-state index in [0.717, 1.165) is 18.4 Å². The largest absolute Gasteiger partial charge is 0.385 e. The number of hydrogen-bond donors (Lipinski definition) is 1. The molecule has 9 rings (SSSR count). The van der Waals surface area contributed by atoms with E-state index in [1.807, 2.05) is 0 Å². The molecule has 7 aromatic rings. The van der Waals surface area contributed by atoms with Gasteiger partial charge in [-0.3, -0.25) is 0 Å². The minimum Gasteiger partial charge on any atom is -0.385 e. The van der Waals surface area contributed by atoms with Gasteiger partial charge >= 0.3 is 0 Å². The zero-order valence-electron chi connectivity index (χ0n) is 30.4. The fourth-order valence-corrected chi connectivity index (χ4v) is 8.82. The van der Waals surface area contributed by atoms with Crippen molar-refractivity contribution in [2.75, 3.05) is 6.54 Å². The van der Waals surface area contributed by atoms with Gasteiger partial charge in [-0.25, -0.2) is 0 Å². The van der Waals surface area contributed by atoms with Gasteiger partial charge in [0.1, 0.15) is 0 Å². The van der Waals surface area contributed by atoms with Crippen molar-refractivity contribution >= 4 is 43.5 Å². The molecule has 1 aliphatic heterocycles. The number of dihydropyridines is 1. The molecule has 1 nitrogen and oxygen atoms in total. The second-order valence-corrected chi connectivity index (χ2v) is 15.0. The van der Waals surface area contributed by atoms with Crippen LogP contribution in [-0.4, -0.2) is 6.54 Å². The van der Waals surface area contributed by atoms with Gasteiger partial charge in [0.05, 0.1) is 0 Å². The van der Waals surface area contributed by atoms with Crippen LogP contribution in [0.1, 0.15) is 51.2 Å². The standard InChI is InChI=1S/C51H45N/c1-4-35-13-23-42(29-33(35)2)37-14-19-39(20-15-37)50-46-11-7-8-12-47(46)51(40-21-16-38(17-22-40)45-27-28-52-34(3)30-45)49-32-44(25-26-48(49)50)43-24-18-36-9-5-6-10-41(36)31-43/h5-12,14-27,30-33,35,52H,4,13,28-29H2,1-3H3. The van der Waals surface area contributed by atoms with Crippen LogP contribution in [0.2, 0.25) is 0 Å². The Hall–Kier alpha value is -5.66. The van der Waals surface area contributed by atoms with E-state index in [1.165, 1.54) is 113 Å². The fraction of sp³-hybridized carbons (Fsp3) is 0.176. The van der Waals surface area contributed by atoms with Crippen LogP contribution in [0.15, 0.2) is 157 Å². The van der Waals surface area contributed by atoms with Crippen LogP contribution in [0, 0.1) is 11.8 Å². The zero-order chi connectivity index (χ0) is 35.2. The number of allylic oxidation sites excluding steroid dienone is 5. The van der Waals surface area contributed by atoms with E-state index < -0.39 is 0 Å². The van der Waals surface area contributed by atoms with Gasteiger partial charge in [0.15, 0.2) is 0 Å². The molecule has 2 atom stereocenters. The van der Waals surface area contributed by atoms with Crippen molar-refractivity contribution in [2.45, 2.75) is 40.0 Å². The molecule has 0 saturated heterocycles. The number of hydrogen-bond acceptors (Lipinski definition) is 1. The summed E-state index contributed by atoms with van der Waals surface area (Å²) in [5.74, 6) is 1.53. The van der Waals surface area contributed by atoms with Crippen LogP contribution in [0.5, 0.6) is 0 Å². The molecule has 0 fully saturated rings. The van der Waals surface area contributed by atoms with E-state index in [1.54, 1.807) is 0 Å². The number of nitrogens with one attached hydrogen (secondary N) is 1. The molecule has 1 N–H and O–H groups in total. The van der Waals surface area contributed by atoms with E-state index in [2.05, 4.69) is 178 Å². The summed E-state index contributed by atoms with van der Waals surface area (Å²) in [6.45, 7) is 7.76. The molecule has 0 aromatic heterocycles. The second-order valence-electron chi connectivity index (χ2n) is 15.0. The summed E-state index contributed by atoms with van der Waals surface area (Å²) in [4.78, 5) is 0. The highest BCUT2D eigenvalue weighted by atomic mass is 14.9. The highest BCUT2D eigenvalue weighted by Gasteiger charge is 2.22. The first-order valence-electron chi connectivity index (χ1n) is 19.0. The number of fused-ring (bicyclic) bond motifs is 3. The molecule has 0 spiro atoms. The topological polar surface area (TPSA) is 12.0 Å². The summed E-state index contributed by atoms with van der Waals surface area (Å²) in [5, 5.41) is 11.1. The SMILES string of the molecule is CCC1CC=C(c2ccc(-c3c4ccccc4c(-c4ccc(C5=CCNC(C)=C5)cc4)c4cc(-c5ccc6ccccc6c5)ccc34)cc2)CC1C. The molecular weight excluding hydrogens is 627 g/mol. The summed E-state index contributed by atoms with van der Waals surface area (Å²) in [6, 6.07) is 50.3. The minimum absolute atomic E-state index is 0.730. The second kappa shape index (κ2) is 13.5. The average Bonchev–Trinajstić information content (AvgIpc) is 3.19. The first-order chi connectivity index (χ1) is 25.5. The van der Waals surface area contributed by atoms with Crippen molar-refractivity contribution in [1.29, 1.82) is 0 Å². The third kappa shape index (κ3) is 5.85. The molecule has 1 heterocycles. The van der Waals surface area contributed by atoms with Crippen molar-refractivity contribution in [3.05, 3.63) is 169 Å². The molecule has 0 amide bonds. The average molecular weight is 672 g/mol. The summed E-state index contributed by atoms with van der Waals surface area (Å²) in [6.07, 6.45) is 10.6. The Kier molecular flexibility index (Phi) is 8.36. The van der Waals surface area contributed by atoms with Crippen LogP contribution in [-0.2, 0) is 0 Å². The Balaban J connectivity index is 1.23. The van der Waals surface area contributed by atoms with E-state index in [4.69, 9.17) is 0 Å². The lowest BCUT2D eigenvalue weighted by Gasteiger charge is -2.28. The monoisotopic (exact) mass is 671 g/mol. The lowest BCUT2D eigenvalue weighted by atomic mass is 9.77. The van der Waals surface area contributed by atoms with Gasteiger partial charge in [-0.15, -0.1) is 0 Å². The third-order valence-electron chi connectivity index (χ3n) is 11.8. The van der Waals surface area contributed by atoms with Gasteiger partial charge in [0.25, 0.3) is 0 Å². The van der Waals surface area contributed by atoms with Crippen molar-refractivity contribution in [1.82, 2.24) is 5.32 Å². The predicted octanol–water partition coefficient (Wildman–Crippen LogP) is 13.9. The van der Waals surface area contributed by atoms with Crippen molar-refractivity contribution in [3.8, 4) is 33.4 Å². The van der Waals surface area contributed by atoms with Gasteiger partial charge in [0, 0.05) is 12.2 Å². The summed E-state index contributed by atoms with van der Waals surface area (Å²) in [7, 11) is 0. The lowest BCUT2D eigenvalue weighted by molar-refractivity contribution is 0.345. The number of benzene rings is 7. The smallest absolute Gasteiger partial charge is 0.0336 e. The van der Waals surface area contributed by atoms with Gasteiger partial charge in [-0.2, -0.15) is 0 Å². The van der Waals surface area contributed by atoms with E-state index in [-0.39, 0.29) is 0 Å². The van der Waals surface area contributed by atoms with E-state index in [9.17, 15) is 0 Å². The van der Waals surface area contributed by atoms with Crippen LogP contribution < -0.4 is 5.32 Å². The molecule has 0 bridgehead atoms. The van der Waals surface area contributed by atoms with Crippen LogP contribution in [0.3, 0.4) is 0 Å². The molecule has 1 aliphatic carbocycles. The molecule has 2 aliphatic rings. The lowest BCUT2D eigenvalue weighted by Crippen LogP contribution is -2.14. The molecule has 7 aromatic carbocycles. The predicted molar refractivity (Wildman–Crippen MR) is 225 cm³/mol. The minimum atomic E-state index is 0.730. The summed E-state index contributed by atoms with van der Waals surface area (Å²) >= 11 is 0. The Morgan fingerprint density at radius 1 is 0.558 bits per heavy atom. The Bertz CT molecular complexity index is 2560. The first kappa shape index (κ1) is 32.3. The van der Waals surface area contributed by atoms with Crippen LogP contribution in [0.25, 0.3) is 76.8 Å². The molecule has 0 radical (unpaired) electrons. The fourth-order valence-electron chi connectivity index (χ4n) is 8.82. The van der Waals surface area contributed by atoms with Crippen LogP contribution >= 0.6 is 0 Å². The summed E-state index contributed by atoms with van der Waals surface area (Å²) in [5.41, 5.74) is 14.2. The maximum absolute atomic E-state index is 3.41. The molecule has 52 heavy (non-hydrogen) atoms. The maximum atomic E-state index is 3.41. The van der Waals surface area contributed by atoms with Gasteiger partial charge in [0.2, 0.25) is 0 Å². The highest BCUT2D eigenvalue weighted by Crippen LogP contribution is 2.46. The Labute approximate surface area is 308 Å². The van der Waals surface area contributed by atoms with Gasteiger partial charge < -0.3 is 5.32 Å². The maximum Gasteiger partial charge on any atom is 0.0336 e. The first-order valence-corrected chi connectivity index (χ1v) is 19.0. The van der Waals surface area contributed by atoms with Gasteiger partial charge in [-0.05, 0) is 138 Å². The number of rotatable bonds is 6. The van der Waals surface area contributed by atoms with E-state index >= 15 is 0 Å². The van der Waals surface area contributed by atoms with Crippen LogP contribution in [0.4, 0.5) is 0 Å². The molecular formula is C51H45N. The molecule has 254 valence electrons. The van der Waals surface area contributed by atoms with Crippen molar-refractivity contribution in [3.63, 3.8) is 0 Å². The normalized spacial score (nSPS) is 17.5. The molecule has 2 unspecified atom stereocenters. The Morgan fingerprint density at radius 2 is 1.13 bits per heavy atom. The quantitative estimate of drug-likeness (QED) is 0.174.